The molecule has 7 N–H and O–H groups in total. The van der Waals surface area contributed by atoms with E-state index >= 15 is 0 Å². The second kappa shape index (κ2) is 10.3. The Labute approximate surface area is 173 Å². The number of carboxylic acid groups (broad SMARTS) is 1. The molecule has 2 aliphatic heterocycles. The van der Waals surface area contributed by atoms with Crippen LogP contribution < -0.4 is 5.32 Å². The third-order valence-corrected chi connectivity index (χ3v) is 5.62. The van der Waals surface area contributed by atoms with Crippen molar-refractivity contribution in [2.75, 3.05) is 6.61 Å². The summed E-state index contributed by atoms with van der Waals surface area (Å²) in [4.78, 5) is 23.1. The standard InChI is InChI=1S/C18H31NO11/c1-4-6(2)14-9(19-7(3)21)15(10(22)8(5-20)28-14)29-18-13(25)11(23)12(24)16(30-18)17(26)27/h6,8-16,18,20,22-25H,4-5H2,1-3H3,(H,19,21)(H,26,27)/t6?,8?,9?,10?,11-,12?,13?,14+,15-,16?,18+/m1/s1. The van der Waals surface area contributed by atoms with E-state index in [-0.39, 0.29) is 5.92 Å². The molecule has 11 atom stereocenters. The van der Waals surface area contributed by atoms with Gasteiger partial charge in [0.2, 0.25) is 5.91 Å². The van der Waals surface area contributed by atoms with Crippen LogP contribution in [0.5, 0.6) is 0 Å². The first-order chi connectivity index (χ1) is 14.0. The molecule has 2 rings (SSSR count). The van der Waals surface area contributed by atoms with Crippen molar-refractivity contribution in [1.29, 1.82) is 0 Å². The lowest BCUT2D eigenvalue weighted by Gasteiger charge is -2.48. The van der Waals surface area contributed by atoms with Crippen LogP contribution in [0, 0.1) is 5.92 Å². The van der Waals surface area contributed by atoms with Crippen LogP contribution in [0.1, 0.15) is 27.2 Å². The smallest absolute Gasteiger partial charge is 0.335 e. The topological polar surface area (TPSA) is 195 Å². The monoisotopic (exact) mass is 437 g/mol. The van der Waals surface area contributed by atoms with Crippen molar-refractivity contribution < 1.29 is 54.4 Å². The van der Waals surface area contributed by atoms with Gasteiger partial charge in [0, 0.05) is 6.92 Å². The predicted molar refractivity (Wildman–Crippen MR) is 98.0 cm³/mol. The number of aliphatic carboxylic acids is 1. The average Bonchev–Trinajstić information content (AvgIpc) is 2.69. The van der Waals surface area contributed by atoms with Gasteiger partial charge in [-0.2, -0.15) is 0 Å². The van der Waals surface area contributed by atoms with Crippen molar-refractivity contribution in [3.05, 3.63) is 0 Å². The average molecular weight is 437 g/mol. The minimum Gasteiger partial charge on any atom is -0.479 e. The number of carbonyl (C=O) groups is 2. The van der Waals surface area contributed by atoms with E-state index in [2.05, 4.69) is 5.32 Å². The fourth-order valence-electron chi connectivity index (χ4n) is 3.73. The summed E-state index contributed by atoms with van der Waals surface area (Å²) >= 11 is 0. The number of carboxylic acids is 1. The number of aliphatic hydroxyl groups excluding tert-OH is 5. The van der Waals surface area contributed by atoms with Gasteiger partial charge in [-0.25, -0.2) is 4.79 Å². The van der Waals surface area contributed by atoms with E-state index in [4.69, 9.17) is 14.2 Å². The molecule has 0 aromatic rings. The fourth-order valence-corrected chi connectivity index (χ4v) is 3.73. The highest BCUT2D eigenvalue weighted by Crippen LogP contribution is 2.32. The zero-order valence-corrected chi connectivity index (χ0v) is 17.0. The van der Waals surface area contributed by atoms with E-state index in [0.717, 1.165) is 0 Å². The molecule has 2 aliphatic rings. The molecule has 0 radical (unpaired) electrons. The Bertz CT molecular complexity index is 605. The summed E-state index contributed by atoms with van der Waals surface area (Å²) in [5, 5.41) is 62.2. The van der Waals surface area contributed by atoms with Crippen molar-refractivity contribution in [2.24, 2.45) is 5.92 Å². The van der Waals surface area contributed by atoms with Gasteiger partial charge in [-0.3, -0.25) is 4.79 Å². The fraction of sp³-hybridized carbons (Fsp3) is 0.889. The first kappa shape index (κ1) is 24.9. The Balaban J connectivity index is 2.35. The highest BCUT2D eigenvalue weighted by molar-refractivity contribution is 5.73. The van der Waals surface area contributed by atoms with Gasteiger partial charge in [-0.05, 0) is 5.92 Å². The lowest BCUT2D eigenvalue weighted by molar-refractivity contribution is -0.327. The SMILES string of the molecule is CCC(C)[C@@H]1OC(CO)C(O)[C@H](O[C@H]2OC(C(=O)O)C(O)[C@@H](O)C2O)C1NC(C)=O. The van der Waals surface area contributed by atoms with Crippen LogP contribution in [0.25, 0.3) is 0 Å². The molecular weight excluding hydrogens is 406 g/mol. The Morgan fingerprint density at radius 3 is 2.20 bits per heavy atom. The minimum absolute atomic E-state index is 0.133. The second-order valence-electron chi connectivity index (χ2n) is 7.76. The number of aliphatic hydroxyl groups is 5. The van der Waals surface area contributed by atoms with Gasteiger partial charge in [0.25, 0.3) is 0 Å². The Hall–Kier alpha value is -1.38. The number of hydrogen-bond acceptors (Lipinski definition) is 10. The summed E-state index contributed by atoms with van der Waals surface area (Å²) in [5.74, 6) is -2.17. The van der Waals surface area contributed by atoms with Gasteiger partial charge in [-0.1, -0.05) is 20.3 Å². The molecule has 0 bridgehead atoms. The molecule has 0 aromatic carbocycles. The third-order valence-electron chi connectivity index (χ3n) is 5.62. The zero-order chi connectivity index (χ0) is 22.7. The van der Waals surface area contributed by atoms with Crippen LogP contribution in [0.15, 0.2) is 0 Å². The van der Waals surface area contributed by atoms with Crippen LogP contribution >= 0.6 is 0 Å². The molecule has 12 nitrogen and oxygen atoms in total. The molecule has 12 heteroatoms. The Morgan fingerprint density at radius 2 is 1.70 bits per heavy atom. The highest BCUT2D eigenvalue weighted by atomic mass is 16.7. The molecule has 0 saturated carbocycles. The van der Waals surface area contributed by atoms with E-state index in [1.54, 1.807) is 0 Å². The maximum absolute atomic E-state index is 11.8. The van der Waals surface area contributed by atoms with Crippen molar-refractivity contribution in [2.45, 2.75) is 88.4 Å². The highest BCUT2D eigenvalue weighted by Gasteiger charge is 2.53. The van der Waals surface area contributed by atoms with E-state index in [0.29, 0.717) is 6.42 Å². The number of carbonyl (C=O) groups excluding carboxylic acids is 1. The van der Waals surface area contributed by atoms with Crippen LogP contribution in [0.2, 0.25) is 0 Å². The molecule has 0 aromatic heterocycles. The molecule has 0 aliphatic carbocycles. The molecule has 2 saturated heterocycles. The first-order valence-electron chi connectivity index (χ1n) is 9.82. The van der Waals surface area contributed by atoms with Gasteiger partial charge in [0.1, 0.15) is 36.6 Å². The lowest BCUT2D eigenvalue weighted by atomic mass is 9.85. The molecular formula is C18H31NO11. The summed E-state index contributed by atoms with van der Waals surface area (Å²) in [6.45, 7) is 4.42. The molecule has 2 fully saturated rings. The van der Waals surface area contributed by atoms with Crippen LogP contribution in [0.4, 0.5) is 0 Å². The molecule has 1 amide bonds. The Kier molecular flexibility index (Phi) is 8.53. The summed E-state index contributed by atoms with van der Waals surface area (Å²) in [6, 6.07) is -0.932. The number of nitrogens with one attached hydrogen (secondary N) is 1. The van der Waals surface area contributed by atoms with Crippen molar-refractivity contribution >= 4 is 11.9 Å². The number of ether oxygens (including phenoxy) is 3. The van der Waals surface area contributed by atoms with E-state index in [9.17, 15) is 40.2 Å². The molecule has 0 spiro atoms. The van der Waals surface area contributed by atoms with Gasteiger partial charge in [0.05, 0.1) is 18.8 Å². The van der Waals surface area contributed by atoms with Crippen LogP contribution in [-0.4, -0.2) is 110 Å². The van der Waals surface area contributed by atoms with Gasteiger partial charge < -0.3 is 50.2 Å². The van der Waals surface area contributed by atoms with Crippen LogP contribution in [-0.2, 0) is 23.8 Å². The summed E-state index contributed by atoms with van der Waals surface area (Å²) in [5.41, 5.74) is 0. The van der Waals surface area contributed by atoms with Gasteiger partial charge >= 0.3 is 5.97 Å². The number of hydrogen-bond donors (Lipinski definition) is 7. The predicted octanol–water partition coefficient (Wildman–Crippen LogP) is -3.06. The quantitative estimate of drug-likeness (QED) is 0.214. The van der Waals surface area contributed by atoms with Crippen molar-refractivity contribution in [3.63, 3.8) is 0 Å². The number of amides is 1. The largest absolute Gasteiger partial charge is 0.479 e. The minimum atomic E-state index is -1.90. The zero-order valence-electron chi connectivity index (χ0n) is 17.0. The normalized spacial score (nSPS) is 43.1. The van der Waals surface area contributed by atoms with Crippen molar-refractivity contribution in [3.8, 4) is 0 Å². The van der Waals surface area contributed by atoms with E-state index < -0.39 is 79.6 Å². The maximum Gasteiger partial charge on any atom is 0.335 e. The van der Waals surface area contributed by atoms with E-state index in [1.807, 2.05) is 13.8 Å². The molecule has 7 unspecified atom stereocenters. The molecule has 174 valence electrons. The van der Waals surface area contributed by atoms with Gasteiger partial charge in [0.15, 0.2) is 12.4 Å². The lowest BCUT2D eigenvalue weighted by Crippen LogP contribution is -2.68. The molecule has 2 heterocycles. The summed E-state index contributed by atoms with van der Waals surface area (Å²) in [6.07, 6.45) is -13.1. The number of rotatable bonds is 7. The van der Waals surface area contributed by atoms with E-state index in [1.165, 1.54) is 6.92 Å². The summed E-state index contributed by atoms with van der Waals surface area (Å²) in [7, 11) is 0. The second-order valence-corrected chi connectivity index (χ2v) is 7.76. The Morgan fingerprint density at radius 1 is 1.07 bits per heavy atom. The molecule has 30 heavy (non-hydrogen) atoms. The van der Waals surface area contributed by atoms with Crippen LogP contribution in [0.3, 0.4) is 0 Å². The first-order valence-corrected chi connectivity index (χ1v) is 9.82. The maximum atomic E-state index is 11.8. The van der Waals surface area contributed by atoms with Crippen molar-refractivity contribution in [1.82, 2.24) is 5.32 Å². The summed E-state index contributed by atoms with van der Waals surface area (Å²) < 4.78 is 16.6. The third kappa shape index (κ3) is 5.08. The van der Waals surface area contributed by atoms with Gasteiger partial charge in [-0.15, -0.1) is 0 Å².